The average molecular weight is 823 g/mol. The quantitative estimate of drug-likeness (QED) is 0.138. The molecule has 0 spiro atoms. The van der Waals surface area contributed by atoms with Crippen LogP contribution >= 0.6 is 0 Å². The summed E-state index contributed by atoms with van der Waals surface area (Å²) in [5.74, 6) is -0.748. The number of H-pyrrole nitrogens is 1. The molecule has 15 heteroatoms. The molecule has 5 rings (SSSR count). The molecule has 0 saturated carbocycles. The Balaban J connectivity index is 0.000000610. The van der Waals surface area contributed by atoms with Crippen molar-refractivity contribution in [3.8, 4) is 0 Å². The number of fused-ring (bicyclic) bond motifs is 2. The summed E-state index contributed by atoms with van der Waals surface area (Å²) in [5, 5.41) is 26.7. The van der Waals surface area contributed by atoms with Crippen LogP contribution in [-0.4, -0.2) is 79.9 Å². The summed E-state index contributed by atoms with van der Waals surface area (Å²) in [6.45, 7) is 8.88. The second kappa shape index (κ2) is 19.2. The summed E-state index contributed by atoms with van der Waals surface area (Å²) in [7, 11) is 2.70. The Labute approximate surface area is 360 Å². The molecule has 0 aromatic carbocycles. The normalized spacial score (nSPS) is 12.4. The molecule has 1 aliphatic heterocycles. The third-order valence-electron chi connectivity index (χ3n) is 5.17. The fourth-order valence-electron chi connectivity index (χ4n) is 3.31. The number of rotatable bonds is 4. The largest absolute Gasteiger partial charge is 1.00 e. The Hall–Kier alpha value is -0.386. The topological polar surface area (TPSA) is 192 Å². The van der Waals surface area contributed by atoms with Crippen LogP contribution in [0.3, 0.4) is 0 Å². The van der Waals surface area contributed by atoms with Crippen LogP contribution in [0.25, 0.3) is 22.1 Å². The molecule has 1 fully saturated rings. The Morgan fingerprint density at radius 2 is 1.52 bits per heavy atom. The van der Waals surface area contributed by atoms with E-state index in [0.29, 0.717) is 29.0 Å². The van der Waals surface area contributed by atoms with Crippen LogP contribution in [0.5, 0.6) is 0 Å². The molecule has 4 aromatic heterocycles. The first kappa shape index (κ1) is 41.6. The van der Waals surface area contributed by atoms with Gasteiger partial charge < -0.3 is 43.9 Å². The Morgan fingerprint density at radius 1 is 1.05 bits per heavy atom. The Bertz CT molecular complexity index is 1450. The van der Waals surface area contributed by atoms with Crippen LogP contribution < -0.4 is 143 Å². The van der Waals surface area contributed by atoms with Crippen LogP contribution in [-0.2, 0) is 20.8 Å². The summed E-state index contributed by atoms with van der Waals surface area (Å²) in [6, 6.07) is 7.19. The van der Waals surface area contributed by atoms with Crippen molar-refractivity contribution in [2.45, 2.75) is 45.4 Å². The summed E-state index contributed by atoms with van der Waals surface area (Å²) < 4.78 is 16.0. The first-order valence-corrected chi connectivity index (χ1v) is 12.0. The SMILES string of the molecule is CC1(C)CO1.COC(=O)c1c[nH]c2ncccc12.COC(=O)c1cn(CC(C)(C)O)c2ncccc12.O=C([O-])O.[Cs+].[Cs+]. The van der Waals surface area contributed by atoms with Gasteiger partial charge in [0.2, 0.25) is 6.16 Å². The molecule has 0 aliphatic carbocycles. The second-order valence-electron chi connectivity index (χ2n) is 9.76. The number of epoxide rings is 1. The number of carboxylic acid groups (broad SMARTS) is 2. The molecule has 42 heavy (non-hydrogen) atoms. The standard InChI is InChI=1S/C13H16N2O3.C9H8N2O2.C4H8O.CH2O3.2Cs/c1-13(2,17)8-15-7-10(12(16)18-3)9-5-4-6-14-11(9)15;1-13-9(12)7-5-11-8-6(7)3-2-4-10-8;1-4(2)3-5-4;2-1(3)4;;/h4-7,17H,8H2,1-3H3;2-5H,1H3,(H,10,11);3H2,1-2H3;(H2,2,3,4);;/q;;;;2*+1/p-1. The molecular formula is C27H33Cs2N4O9+. The number of carbonyl (C=O) groups excluding carboxylic acids is 2. The van der Waals surface area contributed by atoms with Crippen molar-refractivity contribution < 1.29 is 182 Å². The monoisotopic (exact) mass is 823 g/mol. The van der Waals surface area contributed by atoms with Gasteiger partial charge in [-0.05, 0) is 52.0 Å². The van der Waals surface area contributed by atoms with Gasteiger partial charge in [0.15, 0.2) is 0 Å². The zero-order valence-corrected chi connectivity index (χ0v) is 37.7. The predicted octanol–water partition coefficient (Wildman–Crippen LogP) is -3.37. The third kappa shape index (κ3) is 14.1. The Kier molecular flexibility index (Phi) is 19.0. The van der Waals surface area contributed by atoms with Crippen molar-refractivity contribution in [3.63, 3.8) is 0 Å². The van der Waals surface area contributed by atoms with E-state index >= 15 is 0 Å². The van der Waals surface area contributed by atoms with Crippen LogP contribution in [0.2, 0.25) is 0 Å². The van der Waals surface area contributed by atoms with E-state index in [1.807, 2.05) is 12.1 Å². The maximum absolute atomic E-state index is 11.7. The first-order chi connectivity index (χ1) is 18.7. The van der Waals surface area contributed by atoms with Gasteiger partial charge in [0.1, 0.15) is 11.3 Å². The van der Waals surface area contributed by atoms with Gasteiger partial charge >= 0.3 is 150 Å². The van der Waals surface area contributed by atoms with E-state index in [2.05, 4.69) is 33.5 Å². The van der Waals surface area contributed by atoms with Crippen LogP contribution in [0, 0.1) is 0 Å². The van der Waals surface area contributed by atoms with E-state index < -0.39 is 17.7 Å². The van der Waals surface area contributed by atoms with Gasteiger partial charge in [-0.15, -0.1) is 0 Å². The van der Waals surface area contributed by atoms with Gasteiger partial charge in [0.25, 0.3) is 0 Å². The van der Waals surface area contributed by atoms with Gasteiger partial charge in [-0.1, -0.05) is 0 Å². The minimum absolute atomic E-state index is 0. The van der Waals surface area contributed by atoms with Crippen LogP contribution in [0.1, 0.15) is 48.4 Å². The number of aromatic amines is 1. The van der Waals surface area contributed by atoms with E-state index in [1.54, 1.807) is 55.3 Å². The predicted molar refractivity (Wildman–Crippen MR) is 143 cm³/mol. The van der Waals surface area contributed by atoms with Crippen molar-refractivity contribution in [3.05, 3.63) is 60.2 Å². The van der Waals surface area contributed by atoms with Crippen LogP contribution in [0.4, 0.5) is 4.79 Å². The maximum atomic E-state index is 11.7. The van der Waals surface area contributed by atoms with Gasteiger partial charge in [0, 0.05) is 35.6 Å². The number of ether oxygens (including phenoxy) is 3. The van der Waals surface area contributed by atoms with Crippen molar-refractivity contribution in [2.75, 3.05) is 20.8 Å². The summed E-state index contributed by atoms with van der Waals surface area (Å²) in [4.78, 5) is 42.5. The van der Waals surface area contributed by atoms with Gasteiger partial charge in [-0.2, -0.15) is 0 Å². The van der Waals surface area contributed by atoms with Gasteiger partial charge in [-0.3, -0.25) is 0 Å². The summed E-state index contributed by atoms with van der Waals surface area (Å²) in [5.41, 5.74) is 1.72. The smallest absolute Gasteiger partial charge is 0.565 e. The molecule has 1 aliphatic rings. The van der Waals surface area contributed by atoms with Gasteiger partial charge in [0.05, 0.1) is 49.7 Å². The first-order valence-electron chi connectivity index (χ1n) is 12.0. The number of carbonyl (C=O) groups is 3. The summed E-state index contributed by atoms with van der Waals surface area (Å²) in [6.07, 6.45) is 4.51. The maximum Gasteiger partial charge on any atom is 1.00 e. The fourth-order valence-corrected chi connectivity index (χ4v) is 3.31. The molecule has 0 amide bonds. The van der Waals surface area contributed by atoms with Crippen molar-refractivity contribution in [1.29, 1.82) is 0 Å². The van der Waals surface area contributed by atoms with E-state index in [0.717, 1.165) is 17.4 Å². The number of hydrogen-bond acceptors (Lipinski definition) is 10. The van der Waals surface area contributed by atoms with Crippen molar-refractivity contribution >= 4 is 40.2 Å². The number of methoxy groups -OCH3 is 2. The number of aliphatic hydroxyl groups is 1. The molecule has 0 radical (unpaired) electrons. The number of nitrogens with one attached hydrogen (secondary N) is 1. The van der Waals surface area contributed by atoms with Crippen LogP contribution in [0.15, 0.2) is 49.1 Å². The number of aromatic nitrogens is 4. The molecule has 216 valence electrons. The molecule has 1 saturated heterocycles. The number of pyridine rings is 2. The minimum Gasteiger partial charge on any atom is -0.565 e. The summed E-state index contributed by atoms with van der Waals surface area (Å²) >= 11 is 0. The number of nitrogens with zero attached hydrogens (tertiary/aromatic N) is 3. The molecular weight excluding hydrogens is 790 g/mol. The van der Waals surface area contributed by atoms with Crippen molar-refractivity contribution in [1.82, 2.24) is 19.5 Å². The minimum atomic E-state index is -2.08. The average Bonchev–Trinajstić information content (AvgIpc) is 3.27. The molecule has 0 unspecified atom stereocenters. The number of hydrogen-bond donors (Lipinski definition) is 3. The third-order valence-corrected chi connectivity index (χ3v) is 5.17. The fraction of sp³-hybridized carbons (Fsp3) is 0.370. The van der Waals surface area contributed by atoms with E-state index in [4.69, 9.17) is 24.5 Å². The molecule has 3 N–H and O–H groups in total. The second-order valence-corrected chi connectivity index (χ2v) is 9.76. The van der Waals surface area contributed by atoms with E-state index in [9.17, 15) is 14.7 Å². The molecule has 13 nitrogen and oxygen atoms in total. The molecule has 5 heterocycles. The number of esters is 2. The molecule has 0 atom stereocenters. The zero-order valence-electron chi connectivity index (χ0n) is 25.1. The van der Waals surface area contributed by atoms with E-state index in [-0.39, 0.29) is 149 Å². The Morgan fingerprint density at radius 3 is 2.00 bits per heavy atom. The van der Waals surface area contributed by atoms with Gasteiger partial charge in [-0.25, -0.2) is 19.6 Å². The molecule has 0 bridgehead atoms. The zero-order chi connectivity index (χ0) is 30.1. The van der Waals surface area contributed by atoms with E-state index in [1.165, 1.54) is 14.2 Å². The molecule has 4 aromatic rings. The van der Waals surface area contributed by atoms with Crippen molar-refractivity contribution in [2.24, 2.45) is 0 Å².